The van der Waals surface area contributed by atoms with Gasteiger partial charge in [-0.15, -0.1) is 0 Å². The van der Waals surface area contributed by atoms with Gasteiger partial charge >= 0.3 is 0 Å². The summed E-state index contributed by atoms with van der Waals surface area (Å²) < 4.78 is 5.24. The SMILES string of the molecule is COc1ncccc1C(=O)N1CC2CN(c3cccc(CCC(N)=O)c3)CC2C1. The average molecular weight is 394 g/mol. The number of likely N-dealkylation sites (tertiary alicyclic amines) is 1. The first kappa shape index (κ1) is 19.2. The fourth-order valence-corrected chi connectivity index (χ4v) is 4.43. The summed E-state index contributed by atoms with van der Waals surface area (Å²) >= 11 is 0. The van der Waals surface area contributed by atoms with Gasteiger partial charge in [-0.2, -0.15) is 0 Å². The molecular weight excluding hydrogens is 368 g/mol. The monoisotopic (exact) mass is 394 g/mol. The highest BCUT2D eigenvalue weighted by atomic mass is 16.5. The van der Waals surface area contributed by atoms with E-state index in [9.17, 15) is 9.59 Å². The van der Waals surface area contributed by atoms with Crippen LogP contribution in [0, 0.1) is 11.8 Å². The fourth-order valence-electron chi connectivity index (χ4n) is 4.43. The van der Waals surface area contributed by atoms with Crippen LogP contribution in [-0.4, -0.2) is 55.0 Å². The molecule has 0 aliphatic carbocycles. The summed E-state index contributed by atoms with van der Waals surface area (Å²) in [6.45, 7) is 3.36. The zero-order chi connectivity index (χ0) is 20.4. The summed E-state index contributed by atoms with van der Waals surface area (Å²) in [6.07, 6.45) is 2.66. The molecule has 2 N–H and O–H groups in total. The number of anilines is 1. The number of benzene rings is 1. The maximum atomic E-state index is 12.9. The first-order valence-corrected chi connectivity index (χ1v) is 9.95. The number of methoxy groups -OCH3 is 1. The van der Waals surface area contributed by atoms with E-state index in [4.69, 9.17) is 10.5 Å². The Morgan fingerprint density at radius 3 is 2.59 bits per heavy atom. The average Bonchev–Trinajstić information content (AvgIpc) is 3.31. The maximum absolute atomic E-state index is 12.9. The quantitative estimate of drug-likeness (QED) is 0.806. The lowest BCUT2D eigenvalue weighted by Crippen LogP contribution is -2.33. The number of ether oxygens (including phenoxy) is 1. The number of hydrogen-bond acceptors (Lipinski definition) is 5. The Balaban J connectivity index is 1.40. The third-order valence-corrected chi connectivity index (χ3v) is 5.90. The van der Waals surface area contributed by atoms with Gasteiger partial charge in [0.25, 0.3) is 5.91 Å². The number of carbonyl (C=O) groups is 2. The third-order valence-electron chi connectivity index (χ3n) is 5.90. The zero-order valence-electron chi connectivity index (χ0n) is 16.6. The molecule has 2 saturated heterocycles. The molecule has 2 atom stereocenters. The number of nitrogens with two attached hydrogens (primary N) is 1. The number of carbonyl (C=O) groups excluding carboxylic acids is 2. The molecule has 2 aromatic rings. The molecule has 0 radical (unpaired) electrons. The van der Waals surface area contributed by atoms with Gasteiger partial charge in [0.1, 0.15) is 5.56 Å². The van der Waals surface area contributed by atoms with Gasteiger partial charge in [-0.1, -0.05) is 12.1 Å². The van der Waals surface area contributed by atoms with Crippen LogP contribution in [0.5, 0.6) is 5.88 Å². The molecule has 4 rings (SSSR count). The van der Waals surface area contributed by atoms with Gasteiger partial charge in [-0.05, 0) is 36.2 Å². The molecule has 2 aliphatic rings. The highest BCUT2D eigenvalue weighted by Gasteiger charge is 2.42. The van der Waals surface area contributed by atoms with Crippen LogP contribution in [-0.2, 0) is 11.2 Å². The number of primary amides is 1. The summed E-state index contributed by atoms with van der Waals surface area (Å²) in [7, 11) is 1.53. The Labute approximate surface area is 170 Å². The standard InChI is InChI=1S/C22H26N4O3/c1-29-21-19(6-3-9-24-21)22(28)26-13-16-11-25(12-17(16)14-26)18-5-2-4-15(10-18)7-8-20(23)27/h2-6,9-10,16-17H,7-8,11-14H2,1H3,(H2,23,27). The third kappa shape index (κ3) is 4.04. The van der Waals surface area contributed by atoms with E-state index in [-0.39, 0.29) is 11.8 Å². The van der Waals surface area contributed by atoms with Crippen molar-refractivity contribution in [3.63, 3.8) is 0 Å². The lowest BCUT2D eigenvalue weighted by Gasteiger charge is -2.24. The zero-order valence-corrected chi connectivity index (χ0v) is 16.6. The van der Waals surface area contributed by atoms with Crippen LogP contribution < -0.4 is 15.4 Å². The van der Waals surface area contributed by atoms with Crippen molar-refractivity contribution in [3.8, 4) is 5.88 Å². The van der Waals surface area contributed by atoms with Crippen molar-refractivity contribution in [1.29, 1.82) is 0 Å². The number of rotatable bonds is 6. The van der Waals surface area contributed by atoms with Crippen molar-refractivity contribution >= 4 is 17.5 Å². The summed E-state index contributed by atoms with van der Waals surface area (Å²) in [5.74, 6) is 1.00. The largest absolute Gasteiger partial charge is 0.480 e. The molecular formula is C22H26N4O3. The van der Waals surface area contributed by atoms with E-state index < -0.39 is 0 Å². The summed E-state index contributed by atoms with van der Waals surface area (Å²) in [5, 5.41) is 0. The summed E-state index contributed by atoms with van der Waals surface area (Å²) in [5.41, 5.74) is 8.09. The minimum absolute atomic E-state index is 0.00986. The molecule has 7 heteroatoms. The van der Waals surface area contributed by atoms with Crippen molar-refractivity contribution in [1.82, 2.24) is 9.88 Å². The highest BCUT2D eigenvalue weighted by Crippen LogP contribution is 2.35. The number of hydrogen-bond donors (Lipinski definition) is 1. The van der Waals surface area contributed by atoms with Gasteiger partial charge in [-0.3, -0.25) is 9.59 Å². The van der Waals surface area contributed by atoms with Crippen molar-refractivity contribution in [2.75, 3.05) is 38.2 Å². The van der Waals surface area contributed by atoms with E-state index in [1.807, 2.05) is 17.0 Å². The van der Waals surface area contributed by atoms with Crippen LogP contribution >= 0.6 is 0 Å². The topological polar surface area (TPSA) is 88.8 Å². The predicted octanol–water partition coefficient (Wildman–Crippen LogP) is 1.72. The molecule has 2 unspecified atom stereocenters. The van der Waals surface area contributed by atoms with Gasteiger partial charge in [0.05, 0.1) is 7.11 Å². The number of nitrogens with zero attached hydrogens (tertiary/aromatic N) is 3. The van der Waals surface area contributed by atoms with Crippen LogP contribution in [0.4, 0.5) is 5.69 Å². The first-order chi connectivity index (χ1) is 14.0. The first-order valence-electron chi connectivity index (χ1n) is 9.95. The number of fused-ring (bicyclic) bond motifs is 1. The Hall–Kier alpha value is -3.09. The molecule has 1 aromatic heterocycles. The second-order valence-corrected chi connectivity index (χ2v) is 7.83. The minimum Gasteiger partial charge on any atom is -0.480 e. The van der Waals surface area contributed by atoms with Crippen LogP contribution in [0.25, 0.3) is 0 Å². The molecule has 29 heavy (non-hydrogen) atoms. The summed E-state index contributed by atoms with van der Waals surface area (Å²) in [4.78, 5) is 32.4. The molecule has 1 aromatic carbocycles. The van der Waals surface area contributed by atoms with Crippen LogP contribution in [0.15, 0.2) is 42.6 Å². The van der Waals surface area contributed by atoms with E-state index in [0.717, 1.165) is 31.7 Å². The molecule has 0 saturated carbocycles. The molecule has 0 spiro atoms. The van der Waals surface area contributed by atoms with Crippen molar-refractivity contribution in [3.05, 3.63) is 53.7 Å². The van der Waals surface area contributed by atoms with Crippen molar-refractivity contribution in [2.24, 2.45) is 17.6 Å². The normalized spacial score (nSPS) is 20.6. The second kappa shape index (κ2) is 8.11. The molecule has 2 fully saturated rings. The minimum atomic E-state index is -0.277. The molecule has 3 heterocycles. The Morgan fingerprint density at radius 1 is 1.14 bits per heavy atom. The number of aryl methyl sites for hydroxylation is 1. The summed E-state index contributed by atoms with van der Waals surface area (Å²) in [6, 6.07) is 11.9. The molecule has 0 bridgehead atoms. The van der Waals surface area contributed by atoms with E-state index >= 15 is 0 Å². The lowest BCUT2D eigenvalue weighted by atomic mass is 10.0. The predicted molar refractivity (Wildman–Crippen MR) is 110 cm³/mol. The van der Waals surface area contributed by atoms with Crippen LogP contribution in [0.3, 0.4) is 0 Å². The van der Waals surface area contributed by atoms with Gasteiger partial charge in [0.2, 0.25) is 11.8 Å². The van der Waals surface area contributed by atoms with Gasteiger partial charge in [0, 0.05) is 56.3 Å². The van der Waals surface area contributed by atoms with E-state index in [1.165, 1.54) is 12.8 Å². The van der Waals surface area contributed by atoms with Crippen LogP contribution in [0.1, 0.15) is 22.3 Å². The van der Waals surface area contributed by atoms with Gasteiger partial charge < -0.3 is 20.3 Å². The molecule has 2 aliphatic heterocycles. The molecule has 152 valence electrons. The number of aromatic nitrogens is 1. The highest BCUT2D eigenvalue weighted by molar-refractivity contribution is 5.96. The number of amides is 2. The van der Waals surface area contributed by atoms with E-state index in [2.05, 4.69) is 22.0 Å². The lowest BCUT2D eigenvalue weighted by molar-refractivity contribution is -0.117. The molecule has 7 nitrogen and oxygen atoms in total. The van der Waals surface area contributed by atoms with Crippen LogP contribution in [0.2, 0.25) is 0 Å². The smallest absolute Gasteiger partial charge is 0.259 e. The number of pyridine rings is 1. The van der Waals surface area contributed by atoms with Gasteiger partial charge in [-0.25, -0.2) is 4.98 Å². The fraction of sp³-hybridized carbons (Fsp3) is 0.409. The van der Waals surface area contributed by atoms with Gasteiger partial charge in [0.15, 0.2) is 0 Å². The Kier molecular flexibility index (Phi) is 5.38. The van der Waals surface area contributed by atoms with E-state index in [0.29, 0.717) is 36.1 Å². The van der Waals surface area contributed by atoms with Crippen molar-refractivity contribution in [2.45, 2.75) is 12.8 Å². The maximum Gasteiger partial charge on any atom is 0.259 e. The second-order valence-electron chi connectivity index (χ2n) is 7.83. The molecule has 2 amide bonds. The Morgan fingerprint density at radius 2 is 1.90 bits per heavy atom. The van der Waals surface area contributed by atoms with E-state index in [1.54, 1.807) is 18.3 Å². The Bertz CT molecular complexity index is 902. The van der Waals surface area contributed by atoms with Crippen molar-refractivity contribution < 1.29 is 14.3 Å².